The van der Waals surface area contributed by atoms with Gasteiger partial charge in [0, 0.05) is 11.8 Å². The van der Waals surface area contributed by atoms with Gasteiger partial charge >= 0.3 is 5.97 Å². The Labute approximate surface area is 143 Å². The van der Waals surface area contributed by atoms with Gasteiger partial charge in [-0.25, -0.2) is 0 Å². The number of benzene rings is 1. The van der Waals surface area contributed by atoms with Crippen LogP contribution in [0.2, 0.25) is 0 Å². The zero-order valence-corrected chi connectivity index (χ0v) is 14.3. The van der Waals surface area contributed by atoms with Gasteiger partial charge in [0.05, 0.1) is 19.1 Å². The predicted octanol–water partition coefficient (Wildman–Crippen LogP) is 3.74. The smallest absolute Gasteiger partial charge is 0.309 e. The van der Waals surface area contributed by atoms with Crippen LogP contribution in [0.15, 0.2) is 24.3 Å². The number of ether oxygens (including phenoxy) is 2. The van der Waals surface area contributed by atoms with Crippen LogP contribution in [0, 0.1) is 17.8 Å². The fraction of sp³-hybridized carbons (Fsp3) is 0.600. The maximum atomic E-state index is 11.6. The van der Waals surface area contributed by atoms with Gasteiger partial charge in [-0.3, -0.25) is 4.79 Å². The molecule has 0 aliphatic heterocycles. The summed E-state index contributed by atoms with van der Waals surface area (Å²) in [6, 6.07) is 8.12. The van der Waals surface area contributed by atoms with E-state index >= 15 is 0 Å². The third-order valence-electron chi connectivity index (χ3n) is 5.28. The monoisotopic (exact) mass is 330 g/mol. The molecule has 0 heterocycles. The third kappa shape index (κ3) is 3.97. The summed E-state index contributed by atoms with van der Waals surface area (Å²) in [5.74, 6) is 1.52. The summed E-state index contributed by atoms with van der Waals surface area (Å²) in [5, 5.41) is 0. The Morgan fingerprint density at radius 2 is 1.96 bits per heavy atom. The second-order valence-electron chi connectivity index (χ2n) is 6.93. The molecule has 0 radical (unpaired) electrons. The van der Waals surface area contributed by atoms with E-state index in [9.17, 15) is 9.59 Å². The Bertz CT molecular complexity index is 566. The number of hydrogen-bond donors (Lipinski definition) is 0. The second kappa shape index (κ2) is 7.82. The minimum atomic E-state index is -0.0985. The molecule has 0 aromatic heterocycles. The van der Waals surface area contributed by atoms with Crippen LogP contribution >= 0.6 is 0 Å². The molecule has 0 bridgehead atoms. The molecular formula is C20H26O4. The van der Waals surface area contributed by atoms with Crippen LogP contribution in [0.25, 0.3) is 0 Å². The van der Waals surface area contributed by atoms with Crippen LogP contribution in [0.5, 0.6) is 5.75 Å². The van der Waals surface area contributed by atoms with Crippen molar-refractivity contribution in [2.45, 2.75) is 44.9 Å². The van der Waals surface area contributed by atoms with Gasteiger partial charge in [0.2, 0.25) is 0 Å². The van der Waals surface area contributed by atoms with Crippen molar-refractivity contribution < 1.29 is 19.1 Å². The topological polar surface area (TPSA) is 52.6 Å². The van der Waals surface area contributed by atoms with E-state index in [1.54, 1.807) is 0 Å². The third-order valence-corrected chi connectivity index (χ3v) is 5.28. The first-order valence-corrected chi connectivity index (χ1v) is 9.07. The maximum absolute atomic E-state index is 11.6. The molecule has 0 N–H and O–H groups in total. The van der Waals surface area contributed by atoms with Crippen LogP contribution in [-0.4, -0.2) is 25.5 Å². The molecule has 4 nitrogen and oxygen atoms in total. The highest BCUT2D eigenvalue weighted by Crippen LogP contribution is 2.40. The van der Waals surface area contributed by atoms with E-state index in [-0.39, 0.29) is 23.7 Å². The average molecular weight is 330 g/mol. The van der Waals surface area contributed by atoms with Crippen LogP contribution in [-0.2, 0) is 14.3 Å². The maximum Gasteiger partial charge on any atom is 0.309 e. The molecule has 2 fully saturated rings. The Kier molecular flexibility index (Phi) is 5.54. The van der Waals surface area contributed by atoms with Gasteiger partial charge in [-0.05, 0) is 49.8 Å². The molecule has 2 aliphatic rings. The van der Waals surface area contributed by atoms with Crippen molar-refractivity contribution in [3.63, 3.8) is 0 Å². The summed E-state index contributed by atoms with van der Waals surface area (Å²) in [5.41, 5.74) is 1.23. The number of esters is 1. The molecule has 4 heteroatoms. The zero-order valence-electron chi connectivity index (χ0n) is 14.3. The lowest BCUT2D eigenvalue weighted by atomic mass is 9.76. The van der Waals surface area contributed by atoms with E-state index in [1.165, 1.54) is 12.0 Å². The number of hydrogen-bond acceptors (Lipinski definition) is 4. The van der Waals surface area contributed by atoms with Gasteiger partial charge in [0.15, 0.2) is 0 Å². The van der Waals surface area contributed by atoms with Crippen LogP contribution < -0.4 is 4.74 Å². The van der Waals surface area contributed by atoms with Gasteiger partial charge in [-0.2, -0.15) is 0 Å². The van der Waals surface area contributed by atoms with Crippen molar-refractivity contribution in [2.75, 3.05) is 13.2 Å². The van der Waals surface area contributed by atoms with Crippen molar-refractivity contribution in [2.24, 2.45) is 17.8 Å². The van der Waals surface area contributed by atoms with Crippen molar-refractivity contribution in [1.29, 1.82) is 0 Å². The summed E-state index contributed by atoms with van der Waals surface area (Å²) in [7, 11) is 0. The molecule has 3 rings (SSSR count). The molecule has 24 heavy (non-hydrogen) atoms. The fourth-order valence-electron chi connectivity index (χ4n) is 3.72. The molecule has 4 atom stereocenters. The van der Waals surface area contributed by atoms with Crippen molar-refractivity contribution in [1.82, 2.24) is 0 Å². The predicted molar refractivity (Wildman–Crippen MR) is 90.9 cm³/mol. The Hall–Kier alpha value is -1.84. The van der Waals surface area contributed by atoms with E-state index in [2.05, 4.69) is 12.1 Å². The van der Waals surface area contributed by atoms with Crippen molar-refractivity contribution in [3.05, 3.63) is 29.8 Å². The summed E-state index contributed by atoms with van der Waals surface area (Å²) in [6.07, 6.45) is 6.43. The summed E-state index contributed by atoms with van der Waals surface area (Å²) >= 11 is 0. The lowest BCUT2D eigenvalue weighted by Crippen LogP contribution is -2.18. The lowest BCUT2D eigenvalue weighted by molar-refractivity contribution is -0.145. The largest absolute Gasteiger partial charge is 0.493 e. The lowest BCUT2D eigenvalue weighted by Gasteiger charge is -2.28. The van der Waals surface area contributed by atoms with E-state index < -0.39 is 0 Å². The number of carbonyl (C=O) groups excluding carboxylic acids is 2. The number of rotatable bonds is 7. The Morgan fingerprint density at radius 1 is 1.21 bits per heavy atom. The molecule has 0 amide bonds. The molecule has 0 saturated heterocycles. The molecular weight excluding hydrogens is 304 g/mol. The van der Waals surface area contributed by atoms with Gasteiger partial charge in [-0.1, -0.05) is 25.0 Å². The van der Waals surface area contributed by atoms with E-state index in [0.717, 1.165) is 37.7 Å². The van der Waals surface area contributed by atoms with E-state index in [1.807, 2.05) is 19.1 Å². The molecule has 0 spiro atoms. The summed E-state index contributed by atoms with van der Waals surface area (Å²) in [4.78, 5) is 22.9. The van der Waals surface area contributed by atoms with Gasteiger partial charge < -0.3 is 14.3 Å². The molecule has 1 aromatic rings. The van der Waals surface area contributed by atoms with Gasteiger partial charge in [0.1, 0.15) is 12.0 Å². The summed E-state index contributed by atoms with van der Waals surface area (Å²) in [6.45, 7) is 2.82. The van der Waals surface area contributed by atoms with Crippen molar-refractivity contribution in [3.8, 4) is 5.75 Å². The normalized spacial score (nSPS) is 28.9. The standard InChI is InChI=1S/C20H26O4/c1-2-23-20(22)19-11-16(19)13-24-17-9-7-14(8-10-17)18-6-4-3-5-15(18)12-21/h7-10,12,15-16,18-19H,2-6,11,13H2,1H3/t15?,16-,18?,19+/m0/s1. The average Bonchev–Trinajstić information content (AvgIpc) is 3.40. The molecule has 2 saturated carbocycles. The molecule has 1 aromatic carbocycles. The Morgan fingerprint density at radius 3 is 2.67 bits per heavy atom. The van der Waals surface area contributed by atoms with E-state index in [0.29, 0.717) is 19.1 Å². The van der Waals surface area contributed by atoms with Crippen molar-refractivity contribution >= 4 is 12.3 Å². The SMILES string of the molecule is CCOC(=O)[C@@H]1C[C@H]1COc1ccc(C2CCCCC2C=O)cc1. The minimum Gasteiger partial charge on any atom is -0.493 e. The molecule has 2 unspecified atom stereocenters. The summed E-state index contributed by atoms with van der Waals surface area (Å²) < 4.78 is 10.8. The zero-order chi connectivity index (χ0) is 16.9. The first kappa shape index (κ1) is 17.0. The first-order chi connectivity index (χ1) is 11.7. The van der Waals surface area contributed by atoms with Crippen LogP contribution in [0.3, 0.4) is 0 Å². The molecule has 130 valence electrons. The van der Waals surface area contributed by atoms with Gasteiger partial charge in [-0.15, -0.1) is 0 Å². The second-order valence-corrected chi connectivity index (χ2v) is 6.93. The quantitative estimate of drug-likeness (QED) is 0.564. The van der Waals surface area contributed by atoms with Gasteiger partial charge in [0.25, 0.3) is 0 Å². The van der Waals surface area contributed by atoms with Crippen LogP contribution in [0.1, 0.15) is 50.5 Å². The number of carbonyl (C=O) groups is 2. The fourth-order valence-corrected chi connectivity index (χ4v) is 3.72. The highest BCUT2D eigenvalue weighted by Gasteiger charge is 2.44. The highest BCUT2D eigenvalue weighted by molar-refractivity contribution is 5.75. The number of aldehydes is 1. The minimum absolute atomic E-state index is 0.0137. The first-order valence-electron chi connectivity index (χ1n) is 9.07. The molecule has 2 aliphatic carbocycles. The highest BCUT2D eigenvalue weighted by atomic mass is 16.5. The van der Waals surface area contributed by atoms with E-state index in [4.69, 9.17) is 9.47 Å². The Balaban J connectivity index is 1.50. The van der Waals surface area contributed by atoms with Crippen LogP contribution in [0.4, 0.5) is 0 Å².